The highest BCUT2D eigenvalue weighted by Crippen LogP contribution is 2.39. The molecule has 23 heavy (non-hydrogen) atoms. The molecule has 1 aliphatic heterocycles. The summed E-state index contributed by atoms with van der Waals surface area (Å²) in [6.07, 6.45) is -1.11. The third-order valence-corrected chi connectivity index (χ3v) is 4.00. The van der Waals surface area contributed by atoms with Crippen LogP contribution in [0.3, 0.4) is 0 Å². The van der Waals surface area contributed by atoms with Crippen LogP contribution < -0.4 is 5.73 Å². The van der Waals surface area contributed by atoms with Gasteiger partial charge in [-0.1, -0.05) is 40.2 Å². The maximum Gasteiger partial charge on any atom is 0.276 e. The molecule has 116 valence electrons. The van der Waals surface area contributed by atoms with Gasteiger partial charge in [0.25, 0.3) is 5.69 Å². The molecule has 2 N–H and O–H groups in total. The molecule has 2 aromatic rings. The molecule has 2 aromatic carbocycles. The SMILES string of the molecule is NC1=C(c2cccc(Br)c2)C(=O)C(c2ccccc2[N+](=O)[O-])O1. The van der Waals surface area contributed by atoms with Gasteiger partial charge in [-0.25, -0.2) is 0 Å². The van der Waals surface area contributed by atoms with E-state index in [1.54, 1.807) is 24.3 Å². The van der Waals surface area contributed by atoms with E-state index in [2.05, 4.69) is 15.9 Å². The predicted molar refractivity (Wildman–Crippen MR) is 87.2 cm³/mol. The minimum atomic E-state index is -1.11. The molecule has 3 rings (SSSR count). The van der Waals surface area contributed by atoms with Crippen LogP contribution in [0.1, 0.15) is 17.2 Å². The number of rotatable bonds is 3. The lowest BCUT2D eigenvalue weighted by Gasteiger charge is -2.10. The fraction of sp³-hybridized carbons (Fsp3) is 0.0625. The van der Waals surface area contributed by atoms with Crippen LogP contribution in [0.15, 0.2) is 58.9 Å². The monoisotopic (exact) mass is 374 g/mol. The number of hydrogen-bond acceptors (Lipinski definition) is 5. The molecule has 0 saturated heterocycles. The number of nitro groups is 1. The minimum Gasteiger partial charge on any atom is -0.462 e. The number of benzene rings is 2. The molecule has 1 aliphatic rings. The minimum absolute atomic E-state index is 0.0312. The third kappa shape index (κ3) is 2.70. The zero-order valence-electron chi connectivity index (χ0n) is 11.7. The molecular weight excluding hydrogens is 364 g/mol. The molecule has 0 saturated carbocycles. The highest BCUT2D eigenvalue weighted by Gasteiger charge is 2.39. The summed E-state index contributed by atoms with van der Waals surface area (Å²) in [5.41, 5.74) is 6.71. The van der Waals surface area contributed by atoms with E-state index in [1.807, 2.05) is 6.07 Å². The maximum atomic E-state index is 12.7. The molecule has 0 fully saturated rings. The summed E-state index contributed by atoms with van der Waals surface area (Å²) in [5.74, 6) is -0.425. The molecular formula is C16H11BrN2O4. The first kappa shape index (κ1) is 15.2. The number of Topliss-reactive ketones (excluding diaryl/α,β-unsaturated/α-hetero) is 1. The van der Waals surface area contributed by atoms with Crippen LogP contribution in [-0.4, -0.2) is 10.7 Å². The first-order chi connectivity index (χ1) is 11.0. The Hall–Kier alpha value is -2.67. The Bertz CT molecular complexity index is 847. The normalized spacial score (nSPS) is 17.3. The highest BCUT2D eigenvalue weighted by atomic mass is 79.9. The average molecular weight is 375 g/mol. The van der Waals surface area contributed by atoms with E-state index in [0.717, 1.165) is 4.47 Å². The Kier molecular flexibility index (Phi) is 3.87. The van der Waals surface area contributed by atoms with Gasteiger partial charge in [0.2, 0.25) is 5.78 Å². The Labute approximate surface area is 139 Å². The van der Waals surface area contributed by atoms with Gasteiger partial charge in [-0.05, 0) is 23.8 Å². The van der Waals surface area contributed by atoms with Gasteiger partial charge >= 0.3 is 0 Å². The van der Waals surface area contributed by atoms with E-state index in [-0.39, 0.29) is 22.7 Å². The number of ether oxygens (including phenoxy) is 1. The summed E-state index contributed by atoms with van der Waals surface area (Å²) in [6, 6.07) is 13.0. The van der Waals surface area contributed by atoms with Crippen molar-refractivity contribution in [3.05, 3.63) is 80.1 Å². The molecule has 0 radical (unpaired) electrons. The molecule has 1 atom stereocenters. The van der Waals surface area contributed by atoms with Crippen molar-refractivity contribution in [2.24, 2.45) is 5.73 Å². The van der Waals surface area contributed by atoms with E-state index in [9.17, 15) is 14.9 Å². The van der Waals surface area contributed by atoms with Crippen LogP contribution in [0.5, 0.6) is 0 Å². The van der Waals surface area contributed by atoms with Gasteiger partial charge in [0, 0.05) is 10.5 Å². The van der Waals surface area contributed by atoms with E-state index >= 15 is 0 Å². The lowest BCUT2D eigenvalue weighted by Crippen LogP contribution is -2.11. The maximum absolute atomic E-state index is 12.7. The number of nitrogens with two attached hydrogens (primary N) is 1. The molecule has 1 heterocycles. The van der Waals surface area contributed by atoms with Gasteiger partial charge in [0.05, 0.1) is 16.1 Å². The second-order valence-corrected chi connectivity index (χ2v) is 5.84. The fourth-order valence-corrected chi connectivity index (χ4v) is 2.90. The van der Waals surface area contributed by atoms with E-state index in [0.29, 0.717) is 5.56 Å². The van der Waals surface area contributed by atoms with Crippen LogP contribution in [0.4, 0.5) is 5.69 Å². The molecule has 0 aromatic heterocycles. The second kappa shape index (κ2) is 5.85. The zero-order chi connectivity index (χ0) is 16.6. The summed E-state index contributed by atoms with van der Waals surface area (Å²) >= 11 is 3.33. The molecule has 0 aliphatic carbocycles. The number of hydrogen-bond donors (Lipinski definition) is 1. The number of para-hydroxylation sites is 1. The van der Waals surface area contributed by atoms with Crippen LogP contribution in [0.2, 0.25) is 0 Å². The van der Waals surface area contributed by atoms with E-state index in [4.69, 9.17) is 10.5 Å². The largest absolute Gasteiger partial charge is 0.462 e. The van der Waals surface area contributed by atoms with Gasteiger partial charge in [-0.15, -0.1) is 0 Å². The standard InChI is InChI=1S/C16H11BrN2O4/c17-10-5-3-4-9(8-10)13-14(20)15(23-16(13)18)11-6-1-2-7-12(11)19(21)22/h1-8,15H,18H2. The van der Waals surface area contributed by atoms with Crippen molar-refractivity contribution in [3.8, 4) is 0 Å². The summed E-state index contributed by atoms with van der Waals surface area (Å²) in [7, 11) is 0. The lowest BCUT2D eigenvalue weighted by atomic mass is 9.96. The predicted octanol–water partition coefficient (Wildman–Crippen LogP) is 3.33. The Morgan fingerprint density at radius 2 is 1.91 bits per heavy atom. The first-order valence-corrected chi connectivity index (χ1v) is 7.48. The fourth-order valence-electron chi connectivity index (χ4n) is 2.50. The van der Waals surface area contributed by atoms with Crippen molar-refractivity contribution >= 4 is 33.0 Å². The topological polar surface area (TPSA) is 95.5 Å². The van der Waals surface area contributed by atoms with Gasteiger partial charge in [0.1, 0.15) is 0 Å². The summed E-state index contributed by atoms with van der Waals surface area (Å²) in [6.45, 7) is 0. The number of carbonyl (C=O) groups is 1. The molecule has 0 spiro atoms. The van der Waals surface area contributed by atoms with Gasteiger partial charge in [0.15, 0.2) is 12.0 Å². The quantitative estimate of drug-likeness (QED) is 0.656. The smallest absolute Gasteiger partial charge is 0.276 e. The lowest BCUT2D eigenvalue weighted by molar-refractivity contribution is -0.386. The van der Waals surface area contributed by atoms with E-state index < -0.39 is 16.8 Å². The Morgan fingerprint density at radius 3 is 2.61 bits per heavy atom. The van der Waals surface area contributed by atoms with Crippen LogP contribution in [0.25, 0.3) is 5.57 Å². The Morgan fingerprint density at radius 1 is 1.17 bits per heavy atom. The van der Waals surface area contributed by atoms with Crippen molar-refractivity contribution < 1.29 is 14.5 Å². The van der Waals surface area contributed by atoms with Crippen LogP contribution >= 0.6 is 15.9 Å². The van der Waals surface area contributed by atoms with Gasteiger partial charge in [-0.2, -0.15) is 0 Å². The zero-order valence-corrected chi connectivity index (χ0v) is 13.3. The summed E-state index contributed by atoms with van der Waals surface area (Å²) in [4.78, 5) is 23.3. The molecule has 7 heteroatoms. The van der Waals surface area contributed by atoms with E-state index in [1.165, 1.54) is 18.2 Å². The number of nitro benzene ring substituents is 1. The molecule has 0 amide bonds. The van der Waals surface area contributed by atoms with Crippen LogP contribution in [0, 0.1) is 10.1 Å². The van der Waals surface area contributed by atoms with Gasteiger partial charge < -0.3 is 10.5 Å². The third-order valence-electron chi connectivity index (χ3n) is 3.50. The van der Waals surface area contributed by atoms with Crippen molar-refractivity contribution in [1.29, 1.82) is 0 Å². The van der Waals surface area contributed by atoms with Crippen molar-refractivity contribution in [2.75, 3.05) is 0 Å². The number of halogens is 1. The number of ketones is 1. The number of carbonyl (C=O) groups excluding carboxylic acids is 1. The number of nitrogens with zero attached hydrogens (tertiary/aromatic N) is 1. The van der Waals surface area contributed by atoms with Crippen molar-refractivity contribution in [3.63, 3.8) is 0 Å². The summed E-state index contributed by atoms with van der Waals surface area (Å²) < 4.78 is 6.23. The van der Waals surface area contributed by atoms with Gasteiger partial charge in [-0.3, -0.25) is 14.9 Å². The molecule has 1 unspecified atom stereocenters. The van der Waals surface area contributed by atoms with Crippen molar-refractivity contribution in [2.45, 2.75) is 6.10 Å². The molecule has 0 bridgehead atoms. The molecule has 6 nitrogen and oxygen atoms in total. The van der Waals surface area contributed by atoms with Crippen LogP contribution in [-0.2, 0) is 9.53 Å². The average Bonchev–Trinajstić information content (AvgIpc) is 2.82. The highest BCUT2D eigenvalue weighted by molar-refractivity contribution is 9.10. The first-order valence-electron chi connectivity index (χ1n) is 6.69. The Balaban J connectivity index is 2.02. The van der Waals surface area contributed by atoms with Crippen molar-refractivity contribution in [1.82, 2.24) is 0 Å². The second-order valence-electron chi connectivity index (χ2n) is 4.93. The summed E-state index contributed by atoms with van der Waals surface area (Å²) in [5, 5.41) is 11.2.